The third-order valence-electron chi connectivity index (χ3n) is 3.28. The minimum atomic E-state index is -0.423. The zero-order valence-electron chi connectivity index (χ0n) is 10.3. The molecule has 0 radical (unpaired) electrons. The van der Waals surface area contributed by atoms with E-state index in [4.69, 9.17) is 10.5 Å². The number of esters is 1. The molecule has 0 saturated heterocycles. The van der Waals surface area contributed by atoms with Gasteiger partial charge in [-0.15, -0.1) is 0 Å². The van der Waals surface area contributed by atoms with Crippen molar-refractivity contribution in [1.29, 1.82) is 0 Å². The number of hydrogen-bond acceptors (Lipinski definition) is 3. The summed E-state index contributed by atoms with van der Waals surface area (Å²) in [5, 5.41) is 0. The first kappa shape index (κ1) is 12.5. The van der Waals surface area contributed by atoms with E-state index in [1.165, 1.54) is 0 Å². The van der Waals surface area contributed by atoms with Crippen LogP contribution in [0.1, 0.15) is 53.4 Å². The van der Waals surface area contributed by atoms with E-state index in [0.717, 1.165) is 25.7 Å². The number of nitrogens with two attached hydrogens (primary N) is 1. The Bertz CT molecular complexity index is 244. The van der Waals surface area contributed by atoms with Crippen molar-refractivity contribution in [3.63, 3.8) is 0 Å². The van der Waals surface area contributed by atoms with Crippen molar-refractivity contribution < 1.29 is 9.53 Å². The first-order valence-corrected chi connectivity index (χ1v) is 5.81. The molecule has 88 valence electrons. The smallest absolute Gasteiger partial charge is 0.314 e. The van der Waals surface area contributed by atoms with Crippen LogP contribution in [-0.4, -0.2) is 17.6 Å². The molecule has 1 saturated carbocycles. The van der Waals surface area contributed by atoms with E-state index in [2.05, 4.69) is 0 Å². The van der Waals surface area contributed by atoms with Gasteiger partial charge in [0.1, 0.15) is 5.60 Å². The van der Waals surface area contributed by atoms with Crippen molar-refractivity contribution in [3.05, 3.63) is 0 Å². The van der Waals surface area contributed by atoms with E-state index in [1.54, 1.807) is 0 Å². The second kappa shape index (κ2) is 4.12. The summed E-state index contributed by atoms with van der Waals surface area (Å²) < 4.78 is 5.47. The standard InChI is InChI=1S/C12H23NO2/c1-5-12(8-6-7-9(12)13)10(14)15-11(2,3)4/h9H,5-8,13H2,1-4H3. The summed E-state index contributed by atoms with van der Waals surface area (Å²) >= 11 is 0. The third-order valence-corrected chi connectivity index (χ3v) is 3.28. The summed E-state index contributed by atoms with van der Waals surface area (Å²) in [5.74, 6) is -0.109. The molecular formula is C12H23NO2. The Balaban J connectivity index is 2.79. The van der Waals surface area contributed by atoms with Gasteiger partial charge in [0.15, 0.2) is 0 Å². The molecule has 3 nitrogen and oxygen atoms in total. The SMILES string of the molecule is CCC1(C(=O)OC(C)(C)C)CCCC1N. The summed E-state index contributed by atoms with van der Waals surface area (Å²) in [6.45, 7) is 7.72. The summed E-state index contributed by atoms with van der Waals surface area (Å²) in [6.07, 6.45) is 3.63. The normalized spacial score (nSPS) is 31.7. The Kier molecular flexibility index (Phi) is 3.44. The second-order valence-electron chi connectivity index (χ2n) is 5.51. The van der Waals surface area contributed by atoms with Gasteiger partial charge in [-0.05, 0) is 40.0 Å². The molecule has 1 aliphatic carbocycles. The van der Waals surface area contributed by atoms with Gasteiger partial charge in [-0.3, -0.25) is 4.79 Å². The molecule has 2 atom stereocenters. The molecule has 0 bridgehead atoms. The fourth-order valence-corrected chi connectivity index (χ4v) is 2.32. The van der Waals surface area contributed by atoms with Crippen molar-refractivity contribution in [2.75, 3.05) is 0 Å². The maximum absolute atomic E-state index is 12.1. The van der Waals surface area contributed by atoms with E-state index >= 15 is 0 Å². The van der Waals surface area contributed by atoms with Gasteiger partial charge in [0.25, 0.3) is 0 Å². The van der Waals surface area contributed by atoms with E-state index in [1.807, 2.05) is 27.7 Å². The van der Waals surface area contributed by atoms with Crippen molar-refractivity contribution >= 4 is 5.97 Å². The Hall–Kier alpha value is -0.570. The van der Waals surface area contributed by atoms with Gasteiger partial charge in [-0.2, -0.15) is 0 Å². The summed E-state index contributed by atoms with van der Waals surface area (Å²) in [7, 11) is 0. The quantitative estimate of drug-likeness (QED) is 0.716. The van der Waals surface area contributed by atoms with E-state index in [9.17, 15) is 4.79 Å². The zero-order valence-corrected chi connectivity index (χ0v) is 10.3. The lowest BCUT2D eigenvalue weighted by Gasteiger charge is -2.33. The van der Waals surface area contributed by atoms with Gasteiger partial charge in [0, 0.05) is 6.04 Å². The van der Waals surface area contributed by atoms with Gasteiger partial charge >= 0.3 is 5.97 Å². The molecule has 0 aliphatic heterocycles. The number of rotatable bonds is 2. The molecular weight excluding hydrogens is 190 g/mol. The molecule has 0 amide bonds. The highest BCUT2D eigenvalue weighted by molar-refractivity contribution is 5.78. The molecule has 0 aromatic rings. The second-order valence-corrected chi connectivity index (χ2v) is 5.51. The number of ether oxygens (including phenoxy) is 1. The van der Waals surface area contributed by atoms with Crippen LogP contribution in [0.3, 0.4) is 0 Å². The van der Waals surface area contributed by atoms with Crippen LogP contribution in [0, 0.1) is 5.41 Å². The average Bonchev–Trinajstić information content (AvgIpc) is 2.44. The lowest BCUT2D eigenvalue weighted by Crippen LogP contribution is -2.46. The van der Waals surface area contributed by atoms with E-state index in [0.29, 0.717) is 0 Å². The highest BCUT2D eigenvalue weighted by Gasteiger charge is 2.48. The summed E-state index contributed by atoms with van der Waals surface area (Å²) in [6, 6.07) is -0.0302. The van der Waals surface area contributed by atoms with Crippen molar-refractivity contribution in [3.8, 4) is 0 Å². The minimum Gasteiger partial charge on any atom is -0.459 e. The van der Waals surface area contributed by atoms with Gasteiger partial charge < -0.3 is 10.5 Å². The van der Waals surface area contributed by atoms with Crippen molar-refractivity contribution in [2.24, 2.45) is 11.1 Å². The Morgan fingerprint density at radius 3 is 2.47 bits per heavy atom. The molecule has 0 aromatic carbocycles. The lowest BCUT2D eigenvalue weighted by atomic mass is 9.80. The molecule has 1 aliphatic rings. The Labute approximate surface area is 92.4 Å². The van der Waals surface area contributed by atoms with Crippen LogP contribution >= 0.6 is 0 Å². The Morgan fingerprint density at radius 2 is 2.13 bits per heavy atom. The van der Waals surface area contributed by atoms with E-state index < -0.39 is 11.0 Å². The average molecular weight is 213 g/mol. The van der Waals surface area contributed by atoms with Gasteiger partial charge in [-0.1, -0.05) is 13.3 Å². The highest BCUT2D eigenvalue weighted by atomic mass is 16.6. The van der Waals surface area contributed by atoms with Crippen LogP contribution in [0.15, 0.2) is 0 Å². The van der Waals surface area contributed by atoms with Crippen LogP contribution in [0.25, 0.3) is 0 Å². The van der Waals surface area contributed by atoms with Gasteiger partial charge in [0.2, 0.25) is 0 Å². The maximum Gasteiger partial charge on any atom is 0.314 e. The monoisotopic (exact) mass is 213 g/mol. The molecule has 0 aromatic heterocycles. The maximum atomic E-state index is 12.1. The minimum absolute atomic E-state index is 0.0302. The van der Waals surface area contributed by atoms with Crippen molar-refractivity contribution in [1.82, 2.24) is 0 Å². The lowest BCUT2D eigenvalue weighted by molar-refractivity contribution is -0.168. The molecule has 1 rings (SSSR count). The fraction of sp³-hybridized carbons (Fsp3) is 0.917. The predicted octanol–water partition coefficient (Wildman–Crippen LogP) is 2.24. The zero-order chi connectivity index (χ0) is 11.7. The molecule has 15 heavy (non-hydrogen) atoms. The summed E-state index contributed by atoms with van der Waals surface area (Å²) in [5.41, 5.74) is 5.20. The molecule has 1 fully saturated rings. The molecule has 0 heterocycles. The van der Waals surface area contributed by atoms with Crippen LogP contribution in [0.5, 0.6) is 0 Å². The first-order valence-electron chi connectivity index (χ1n) is 5.81. The fourth-order valence-electron chi connectivity index (χ4n) is 2.32. The third kappa shape index (κ3) is 2.51. The predicted molar refractivity (Wildman–Crippen MR) is 60.4 cm³/mol. The molecule has 0 spiro atoms. The first-order chi connectivity index (χ1) is 6.82. The number of hydrogen-bond donors (Lipinski definition) is 1. The van der Waals surface area contributed by atoms with Gasteiger partial charge in [-0.25, -0.2) is 0 Å². The number of carbonyl (C=O) groups excluding carboxylic acids is 1. The van der Waals surface area contributed by atoms with Crippen LogP contribution in [0.4, 0.5) is 0 Å². The molecule has 3 heteroatoms. The largest absolute Gasteiger partial charge is 0.459 e. The summed E-state index contributed by atoms with van der Waals surface area (Å²) in [4.78, 5) is 12.1. The van der Waals surface area contributed by atoms with E-state index in [-0.39, 0.29) is 12.0 Å². The van der Waals surface area contributed by atoms with Gasteiger partial charge in [0.05, 0.1) is 5.41 Å². The van der Waals surface area contributed by atoms with Crippen LogP contribution < -0.4 is 5.73 Å². The van der Waals surface area contributed by atoms with Crippen molar-refractivity contribution in [2.45, 2.75) is 65.0 Å². The molecule has 2 unspecified atom stereocenters. The van der Waals surface area contributed by atoms with Crippen LogP contribution in [-0.2, 0) is 9.53 Å². The number of carbonyl (C=O) groups is 1. The molecule has 2 N–H and O–H groups in total. The topological polar surface area (TPSA) is 52.3 Å². The Morgan fingerprint density at radius 1 is 1.53 bits per heavy atom. The highest BCUT2D eigenvalue weighted by Crippen LogP contribution is 2.41. The van der Waals surface area contributed by atoms with Crippen LogP contribution in [0.2, 0.25) is 0 Å².